The van der Waals surface area contributed by atoms with Crippen LogP contribution in [0.3, 0.4) is 0 Å². The first kappa shape index (κ1) is 16.1. The Morgan fingerprint density at radius 3 is 2.65 bits per heavy atom. The van der Waals surface area contributed by atoms with Crippen LogP contribution >= 0.6 is 0 Å². The van der Waals surface area contributed by atoms with Gasteiger partial charge in [-0.15, -0.1) is 0 Å². The molecule has 8 heteroatoms. The molecule has 0 aromatic heterocycles. The average Bonchev–Trinajstić information content (AvgIpc) is 2.68. The molecule has 1 aliphatic rings. The quantitative estimate of drug-likeness (QED) is 0.758. The summed E-state index contributed by atoms with van der Waals surface area (Å²) >= 11 is 0. The topological polar surface area (TPSA) is 100 Å². The third-order valence-corrected chi connectivity index (χ3v) is 2.64. The monoisotopic (exact) mass is 287 g/mol. The minimum Gasteiger partial charge on any atom is -0.465 e. The molecule has 0 aromatic carbocycles. The first-order valence-corrected chi connectivity index (χ1v) is 6.27. The molecule has 0 bridgehead atoms. The van der Waals surface area contributed by atoms with Gasteiger partial charge in [-0.1, -0.05) is 5.16 Å². The highest BCUT2D eigenvalue weighted by atomic mass is 16.6. The molecule has 0 aromatic rings. The number of hydrogen-bond donors (Lipinski definition) is 2. The van der Waals surface area contributed by atoms with Crippen molar-refractivity contribution in [3.8, 4) is 0 Å². The fourth-order valence-electron chi connectivity index (χ4n) is 1.83. The van der Waals surface area contributed by atoms with E-state index in [0.29, 0.717) is 5.71 Å². The molecule has 1 unspecified atom stereocenters. The van der Waals surface area contributed by atoms with Crippen LogP contribution in [0.1, 0.15) is 20.8 Å². The molecule has 0 radical (unpaired) electrons. The highest BCUT2D eigenvalue weighted by Gasteiger charge is 2.33. The van der Waals surface area contributed by atoms with E-state index in [2.05, 4.69) is 10.5 Å². The fourth-order valence-corrected chi connectivity index (χ4v) is 1.83. The molecule has 20 heavy (non-hydrogen) atoms. The van der Waals surface area contributed by atoms with Crippen LogP contribution in [-0.4, -0.2) is 60.2 Å². The summed E-state index contributed by atoms with van der Waals surface area (Å²) in [4.78, 5) is 28.4. The van der Waals surface area contributed by atoms with Gasteiger partial charge < -0.3 is 24.9 Å². The fraction of sp³-hybridized carbons (Fsp3) is 0.750. The number of hydrogen-bond acceptors (Lipinski definition) is 5. The number of alkyl carbamates (subject to hydrolysis) is 1. The van der Waals surface area contributed by atoms with E-state index in [4.69, 9.17) is 14.7 Å². The molecule has 1 heterocycles. The van der Waals surface area contributed by atoms with Crippen molar-refractivity contribution in [3.63, 3.8) is 0 Å². The summed E-state index contributed by atoms with van der Waals surface area (Å²) in [6, 6.07) is 0. The van der Waals surface area contributed by atoms with E-state index in [0.717, 1.165) is 0 Å². The first-order valence-electron chi connectivity index (χ1n) is 6.27. The zero-order chi connectivity index (χ0) is 15.3. The normalized spacial score (nSPS) is 20.9. The maximum Gasteiger partial charge on any atom is 0.407 e. The van der Waals surface area contributed by atoms with Crippen molar-refractivity contribution in [1.29, 1.82) is 0 Å². The Bertz CT molecular complexity index is 402. The number of nitrogens with zero attached hydrogens (tertiary/aromatic N) is 2. The average molecular weight is 287 g/mol. The van der Waals surface area contributed by atoms with E-state index >= 15 is 0 Å². The second-order valence-corrected chi connectivity index (χ2v) is 5.51. The molecule has 2 amide bonds. The number of oxime groups is 1. The minimum absolute atomic E-state index is 0.184. The number of likely N-dealkylation sites (tertiary alicyclic amines) is 1. The zero-order valence-corrected chi connectivity index (χ0v) is 12.2. The van der Waals surface area contributed by atoms with Gasteiger partial charge >= 0.3 is 12.2 Å². The number of carbonyl (C=O) groups is 2. The molecule has 2 N–H and O–H groups in total. The Morgan fingerprint density at radius 1 is 1.50 bits per heavy atom. The van der Waals surface area contributed by atoms with Crippen LogP contribution in [0.25, 0.3) is 0 Å². The molecule has 1 rings (SSSR count). The summed E-state index contributed by atoms with van der Waals surface area (Å²) in [5, 5.41) is 15.4. The summed E-state index contributed by atoms with van der Waals surface area (Å²) in [6.07, 6.45) is -1.56. The third-order valence-electron chi connectivity index (χ3n) is 2.64. The summed E-state index contributed by atoms with van der Waals surface area (Å²) in [6.45, 7) is 6.02. The van der Waals surface area contributed by atoms with E-state index in [1.54, 1.807) is 20.8 Å². The van der Waals surface area contributed by atoms with Crippen LogP contribution in [0.15, 0.2) is 5.16 Å². The Morgan fingerprint density at radius 2 is 2.15 bits per heavy atom. The maximum absolute atomic E-state index is 11.6. The summed E-state index contributed by atoms with van der Waals surface area (Å²) < 4.78 is 5.12. The number of nitrogens with one attached hydrogen (secondary N) is 1. The van der Waals surface area contributed by atoms with Gasteiger partial charge in [0.05, 0.1) is 12.3 Å². The third kappa shape index (κ3) is 4.94. The second kappa shape index (κ2) is 6.44. The Kier molecular flexibility index (Phi) is 5.18. The van der Waals surface area contributed by atoms with Gasteiger partial charge in [-0.25, -0.2) is 9.59 Å². The van der Waals surface area contributed by atoms with E-state index in [9.17, 15) is 9.59 Å². The number of amides is 2. The van der Waals surface area contributed by atoms with Crippen LogP contribution < -0.4 is 5.32 Å². The molecule has 114 valence electrons. The van der Waals surface area contributed by atoms with Gasteiger partial charge in [0.15, 0.2) is 0 Å². The van der Waals surface area contributed by atoms with Gasteiger partial charge in [-0.05, 0) is 20.8 Å². The summed E-state index contributed by atoms with van der Waals surface area (Å²) in [5.74, 6) is -0.210. The molecule has 0 aliphatic carbocycles. The first-order chi connectivity index (χ1) is 9.23. The molecule has 1 atom stereocenters. The highest BCUT2D eigenvalue weighted by molar-refractivity contribution is 5.93. The van der Waals surface area contributed by atoms with Crippen LogP contribution in [0.4, 0.5) is 9.59 Å². The van der Waals surface area contributed by atoms with Crippen molar-refractivity contribution in [3.05, 3.63) is 0 Å². The van der Waals surface area contributed by atoms with Gasteiger partial charge in [-0.2, -0.15) is 0 Å². The van der Waals surface area contributed by atoms with Gasteiger partial charge in [0.1, 0.15) is 12.7 Å². The lowest BCUT2D eigenvalue weighted by Crippen LogP contribution is -2.37. The van der Waals surface area contributed by atoms with Crippen LogP contribution in [0.5, 0.6) is 0 Å². The zero-order valence-electron chi connectivity index (χ0n) is 12.2. The predicted molar refractivity (Wildman–Crippen MR) is 71.8 cm³/mol. The molecule has 1 saturated heterocycles. The lowest BCUT2D eigenvalue weighted by atomic mass is 10.1. The number of carbonyl (C=O) groups excluding carboxylic acids is 1. The molecular weight excluding hydrogens is 266 g/mol. The van der Waals surface area contributed by atoms with Crippen LogP contribution in [0, 0.1) is 5.92 Å². The lowest BCUT2D eigenvalue weighted by molar-refractivity contribution is 0.0523. The van der Waals surface area contributed by atoms with E-state index in [1.807, 2.05) is 0 Å². The van der Waals surface area contributed by atoms with Crippen molar-refractivity contribution < 1.29 is 24.3 Å². The minimum atomic E-state index is -1.02. The Balaban J connectivity index is 2.55. The highest BCUT2D eigenvalue weighted by Crippen LogP contribution is 2.14. The van der Waals surface area contributed by atoms with Crippen molar-refractivity contribution in [2.24, 2.45) is 11.1 Å². The molecule has 0 spiro atoms. The van der Waals surface area contributed by atoms with Crippen molar-refractivity contribution >= 4 is 17.9 Å². The van der Waals surface area contributed by atoms with E-state index in [1.165, 1.54) is 12.0 Å². The second-order valence-electron chi connectivity index (χ2n) is 5.51. The van der Waals surface area contributed by atoms with E-state index < -0.39 is 17.8 Å². The Labute approximate surface area is 117 Å². The summed E-state index contributed by atoms with van der Waals surface area (Å²) in [5.41, 5.74) is 0.0157. The van der Waals surface area contributed by atoms with Gasteiger partial charge in [-0.3, -0.25) is 0 Å². The molecule has 1 aliphatic heterocycles. The van der Waals surface area contributed by atoms with Crippen molar-refractivity contribution in [2.75, 3.05) is 26.7 Å². The molecule has 1 fully saturated rings. The maximum atomic E-state index is 11.6. The molecule has 8 nitrogen and oxygen atoms in total. The smallest absolute Gasteiger partial charge is 0.407 e. The molecular formula is C12H21N3O5. The van der Waals surface area contributed by atoms with Gasteiger partial charge in [0.25, 0.3) is 0 Å². The Hall–Kier alpha value is -1.99. The van der Waals surface area contributed by atoms with Crippen molar-refractivity contribution in [2.45, 2.75) is 26.4 Å². The summed E-state index contributed by atoms with van der Waals surface area (Å²) in [7, 11) is 1.40. The van der Waals surface area contributed by atoms with Crippen molar-refractivity contribution in [1.82, 2.24) is 10.2 Å². The number of ether oxygens (including phenoxy) is 1. The van der Waals surface area contributed by atoms with Crippen LogP contribution in [-0.2, 0) is 9.57 Å². The van der Waals surface area contributed by atoms with E-state index in [-0.39, 0.29) is 25.6 Å². The number of carboxylic acid groups (broad SMARTS) is 1. The van der Waals surface area contributed by atoms with Crippen LogP contribution in [0.2, 0.25) is 0 Å². The predicted octanol–water partition coefficient (Wildman–Crippen LogP) is 1.12. The van der Waals surface area contributed by atoms with Gasteiger partial charge in [0, 0.05) is 19.0 Å². The van der Waals surface area contributed by atoms with Gasteiger partial charge in [0.2, 0.25) is 0 Å². The molecule has 0 saturated carbocycles. The number of rotatable bonds is 3. The largest absolute Gasteiger partial charge is 0.465 e. The SMILES string of the molecule is CON=C1CN(C(=O)O)CC1CNC(=O)OC(C)(C)C. The lowest BCUT2D eigenvalue weighted by Gasteiger charge is -2.20. The standard InChI is InChI=1S/C12H21N3O5/c1-12(2,3)20-10(16)13-5-8-6-15(11(17)18)7-9(8)14-19-4/h8H,5-7H2,1-4H3,(H,13,16)(H,17,18).